The smallest absolute Gasteiger partial charge is 0.266 e. The standard InChI is InChI=1S/C7H10N2O2/c10-6-2-5-9-7(11)3-1-4-8-9/h1,3-4,10H,2,5-6H2. The molecule has 0 saturated carbocycles. The summed E-state index contributed by atoms with van der Waals surface area (Å²) in [7, 11) is 0. The van der Waals surface area contributed by atoms with Crippen molar-refractivity contribution in [3.63, 3.8) is 0 Å². The highest BCUT2D eigenvalue weighted by Gasteiger charge is 1.92. The SMILES string of the molecule is O=c1cccnn1CCCO. The van der Waals surface area contributed by atoms with E-state index in [1.807, 2.05) is 0 Å². The number of aromatic nitrogens is 2. The number of nitrogens with zero attached hydrogens (tertiary/aromatic N) is 2. The van der Waals surface area contributed by atoms with Gasteiger partial charge in [-0.1, -0.05) is 0 Å². The predicted octanol–water partition coefficient (Wildman–Crippen LogP) is -0.374. The van der Waals surface area contributed by atoms with E-state index in [0.717, 1.165) is 0 Å². The molecule has 60 valence electrons. The van der Waals surface area contributed by atoms with Crippen LogP contribution in [0.5, 0.6) is 0 Å². The highest BCUT2D eigenvalue weighted by molar-refractivity contribution is 4.84. The topological polar surface area (TPSA) is 55.1 Å². The van der Waals surface area contributed by atoms with Gasteiger partial charge in [0.05, 0.1) is 0 Å². The molecule has 4 heteroatoms. The summed E-state index contributed by atoms with van der Waals surface area (Å²) in [4.78, 5) is 10.9. The second kappa shape index (κ2) is 3.88. The van der Waals surface area contributed by atoms with Crippen LogP contribution < -0.4 is 5.56 Å². The molecule has 1 rings (SSSR count). The predicted molar refractivity (Wildman–Crippen MR) is 40.2 cm³/mol. The Labute approximate surface area is 64.1 Å². The molecule has 0 bridgehead atoms. The Hall–Kier alpha value is -1.16. The van der Waals surface area contributed by atoms with E-state index in [4.69, 9.17) is 5.11 Å². The maximum Gasteiger partial charge on any atom is 0.266 e. The van der Waals surface area contributed by atoms with E-state index in [9.17, 15) is 4.79 Å². The second-order valence-corrected chi connectivity index (χ2v) is 2.16. The van der Waals surface area contributed by atoms with Crippen LogP contribution in [0, 0.1) is 0 Å². The van der Waals surface area contributed by atoms with E-state index >= 15 is 0 Å². The zero-order valence-corrected chi connectivity index (χ0v) is 6.10. The lowest BCUT2D eigenvalue weighted by Gasteiger charge is -1.99. The molecule has 1 N–H and O–H groups in total. The van der Waals surface area contributed by atoms with Crippen LogP contribution in [-0.4, -0.2) is 21.5 Å². The third-order valence-corrected chi connectivity index (χ3v) is 1.31. The maximum atomic E-state index is 10.9. The zero-order chi connectivity index (χ0) is 8.10. The Bertz CT molecular complexity index is 269. The van der Waals surface area contributed by atoms with Crippen LogP contribution in [0.15, 0.2) is 23.1 Å². The molecule has 0 aliphatic rings. The Morgan fingerprint density at radius 1 is 1.64 bits per heavy atom. The number of aliphatic hydroxyl groups is 1. The van der Waals surface area contributed by atoms with E-state index < -0.39 is 0 Å². The number of rotatable bonds is 3. The van der Waals surface area contributed by atoms with Crippen molar-refractivity contribution in [2.24, 2.45) is 0 Å². The van der Waals surface area contributed by atoms with Crippen LogP contribution in [0.2, 0.25) is 0 Å². The number of aliphatic hydroxyl groups excluding tert-OH is 1. The minimum atomic E-state index is -0.124. The van der Waals surface area contributed by atoms with E-state index in [1.54, 1.807) is 12.3 Å². The quantitative estimate of drug-likeness (QED) is 0.646. The lowest BCUT2D eigenvalue weighted by molar-refractivity contribution is 0.275. The summed E-state index contributed by atoms with van der Waals surface area (Å²) in [6, 6.07) is 3.04. The van der Waals surface area contributed by atoms with E-state index in [2.05, 4.69) is 5.10 Å². The van der Waals surface area contributed by atoms with Gasteiger partial charge in [-0.3, -0.25) is 4.79 Å². The molecule has 1 aromatic heterocycles. The van der Waals surface area contributed by atoms with Crippen molar-refractivity contribution in [1.29, 1.82) is 0 Å². The lowest BCUT2D eigenvalue weighted by Crippen LogP contribution is -2.21. The monoisotopic (exact) mass is 154 g/mol. The van der Waals surface area contributed by atoms with E-state index in [1.165, 1.54) is 10.7 Å². The molecular weight excluding hydrogens is 144 g/mol. The normalized spacial score (nSPS) is 9.91. The van der Waals surface area contributed by atoms with Crippen molar-refractivity contribution in [3.05, 3.63) is 28.7 Å². The molecular formula is C7H10N2O2. The van der Waals surface area contributed by atoms with Crippen LogP contribution in [-0.2, 0) is 6.54 Å². The number of hydrogen-bond acceptors (Lipinski definition) is 3. The summed E-state index contributed by atoms with van der Waals surface area (Å²) in [6.07, 6.45) is 2.12. The molecule has 0 atom stereocenters. The molecule has 4 nitrogen and oxygen atoms in total. The Kier molecular flexibility index (Phi) is 2.80. The minimum absolute atomic E-state index is 0.0863. The van der Waals surface area contributed by atoms with E-state index in [-0.39, 0.29) is 12.2 Å². The summed E-state index contributed by atoms with van der Waals surface area (Å²) in [5.41, 5.74) is -0.124. The van der Waals surface area contributed by atoms with Gasteiger partial charge in [0.25, 0.3) is 5.56 Å². The van der Waals surface area contributed by atoms with Crippen molar-refractivity contribution in [1.82, 2.24) is 9.78 Å². The first-order valence-corrected chi connectivity index (χ1v) is 3.47. The molecule has 1 heterocycles. The molecule has 0 aromatic carbocycles. The van der Waals surface area contributed by atoms with Crippen LogP contribution >= 0.6 is 0 Å². The van der Waals surface area contributed by atoms with Crippen LogP contribution in [0.3, 0.4) is 0 Å². The summed E-state index contributed by atoms with van der Waals surface area (Å²) in [5, 5.41) is 12.3. The van der Waals surface area contributed by atoms with Gasteiger partial charge in [-0.05, 0) is 12.5 Å². The van der Waals surface area contributed by atoms with Crippen molar-refractivity contribution < 1.29 is 5.11 Å². The second-order valence-electron chi connectivity index (χ2n) is 2.16. The zero-order valence-electron chi connectivity index (χ0n) is 6.10. The molecule has 0 aliphatic heterocycles. The first-order chi connectivity index (χ1) is 5.34. The summed E-state index contributed by atoms with van der Waals surface area (Å²) in [5.74, 6) is 0. The first-order valence-electron chi connectivity index (χ1n) is 3.47. The molecule has 0 unspecified atom stereocenters. The molecule has 1 aromatic rings. The molecule has 11 heavy (non-hydrogen) atoms. The first kappa shape index (κ1) is 7.94. The van der Waals surface area contributed by atoms with Crippen molar-refractivity contribution in [2.45, 2.75) is 13.0 Å². The molecule has 0 fully saturated rings. The fourth-order valence-corrected chi connectivity index (χ4v) is 0.776. The van der Waals surface area contributed by atoms with Gasteiger partial charge in [0, 0.05) is 25.4 Å². The van der Waals surface area contributed by atoms with Gasteiger partial charge in [0.1, 0.15) is 0 Å². The van der Waals surface area contributed by atoms with Gasteiger partial charge in [-0.25, -0.2) is 4.68 Å². The third-order valence-electron chi connectivity index (χ3n) is 1.31. The lowest BCUT2D eigenvalue weighted by atomic mass is 10.4. The highest BCUT2D eigenvalue weighted by atomic mass is 16.3. The number of aryl methyl sites for hydroxylation is 1. The Morgan fingerprint density at radius 3 is 3.09 bits per heavy atom. The molecule has 0 radical (unpaired) electrons. The largest absolute Gasteiger partial charge is 0.396 e. The summed E-state index contributed by atoms with van der Waals surface area (Å²) >= 11 is 0. The Morgan fingerprint density at radius 2 is 2.45 bits per heavy atom. The average molecular weight is 154 g/mol. The molecule has 0 amide bonds. The van der Waals surface area contributed by atoms with Gasteiger partial charge in [-0.15, -0.1) is 0 Å². The van der Waals surface area contributed by atoms with Crippen molar-refractivity contribution >= 4 is 0 Å². The van der Waals surface area contributed by atoms with Crippen LogP contribution in [0.25, 0.3) is 0 Å². The van der Waals surface area contributed by atoms with Crippen LogP contribution in [0.4, 0.5) is 0 Å². The van der Waals surface area contributed by atoms with Crippen molar-refractivity contribution in [2.75, 3.05) is 6.61 Å². The van der Waals surface area contributed by atoms with Crippen LogP contribution in [0.1, 0.15) is 6.42 Å². The van der Waals surface area contributed by atoms with E-state index in [0.29, 0.717) is 13.0 Å². The third kappa shape index (κ3) is 2.16. The minimum Gasteiger partial charge on any atom is -0.396 e. The molecule has 0 saturated heterocycles. The molecule has 0 spiro atoms. The fourth-order valence-electron chi connectivity index (χ4n) is 0.776. The maximum absolute atomic E-state index is 10.9. The Balaban J connectivity index is 2.70. The van der Waals surface area contributed by atoms with Crippen molar-refractivity contribution in [3.8, 4) is 0 Å². The highest BCUT2D eigenvalue weighted by Crippen LogP contribution is 1.81. The van der Waals surface area contributed by atoms with Gasteiger partial charge < -0.3 is 5.11 Å². The van der Waals surface area contributed by atoms with Gasteiger partial charge in [0.2, 0.25) is 0 Å². The summed E-state index contributed by atoms with van der Waals surface area (Å²) in [6.45, 7) is 0.569. The number of hydrogen-bond donors (Lipinski definition) is 1. The van der Waals surface area contributed by atoms with Gasteiger partial charge >= 0.3 is 0 Å². The summed E-state index contributed by atoms with van der Waals surface area (Å²) < 4.78 is 1.33. The fraction of sp³-hybridized carbons (Fsp3) is 0.429. The van der Waals surface area contributed by atoms with Gasteiger partial charge in [-0.2, -0.15) is 5.10 Å². The average Bonchev–Trinajstić information content (AvgIpc) is 2.03. The van der Waals surface area contributed by atoms with Gasteiger partial charge in [0.15, 0.2) is 0 Å². The molecule has 0 aliphatic carbocycles.